The Bertz CT molecular complexity index is 1070. The molecule has 32 heavy (non-hydrogen) atoms. The maximum Gasteiger partial charge on any atom is 0.274 e. The number of amides is 1. The van der Waals surface area contributed by atoms with E-state index in [1.54, 1.807) is 17.6 Å². The lowest BCUT2D eigenvalue weighted by atomic mass is 9.74. The van der Waals surface area contributed by atoms with Crippen molar-refractivity contribution in [2.45, 2.75) is 31.3 Å². The average molecular weight is 428 g/mol. The number of hydroxylamine groups is 1. The van der Waals surface area contributed by atoms with E-state index in [4.69, 9.17) is 5.21 Å². The first-order chi connectivity index (χ1) is 15.7. The van der Waals surface area contributed by atoms with Gasteiger partial charge in [0, 0.05) is 36.3 Å². The molecule has 1 spiro atoms. The van der Waals surface area contributed by atoms with Crippen LogP contribution in [0.1, 0.15) is 39.9 Å². The first-order valence-electron chi connectivity index (χ1n) is 11.3. The highest BCUT2D eigenvalue weighted by atomic mass is 16.5. The van der Waals surface area contributed by atoms with Crippen molar-refractivity contribution in [2.24, 2.45) is 0 Å². The Balaban J connectivity index is 1.27. The van der Waals surface area contributed by atoms with Gasteiger partial charge in [-0.1, -0.05) is 60.7 Å². The van der Waals surface area contributed by atoms with Crippen molar-refractivity contribution in [2.75, 3.05) is 24.5 Å². The number of nitrogens with one attached hydrogen (secondary N) is 1. The van der Waals surface area contributed by atoms with E-state index in [0.717, 1.165) is 45.6 Å². The van der Waals surface area contributed by atoms with E-state index in [2.05, 4.69) is 64.4 Å². The Kier molecular flexibility index (Phi) is 5.68. The molecule has 0 atom stereocenters. The molecule has 0 unspecified atom stereocenters. The summed E-state index contributed by atoms with van der Waals surface area (Å²) in [6.45, 7) is 5.04. The maximum atomic E-state index is 11.5. The van der Waals surface area contributed by atoms with Crippen LogP contribution in [0.3, 0.4) is 0 Å². The fourth-order valence-corrected chi connectivity index (χ4v) is 5.33. The predicted molar refractivity (Wildman–Crippen MR) is 126 cm³/mol. The van der Waals surface area contributed by atoms with Crippen LogP contribution in [0.15, 0.2) is 78.9 Å². The zero-order valence-electron chi connectivity index (χ0n) is 18.2. The van der Waals surface area contributed by atoms with Crippen molar-refractivity contribution in [3.8, 4) is 0 Å². The van der Waals surface area contributed by atoms with Crippen LogP contribution < -0.4 is 10.4 Å². The van der Waals surface area contributed by atoms with Crippen LogP contribution in [0.25, 0.3) is 0 Å². The van der Waals surface area contributed by atoms with Crippen molar-refractivity contribution in [1.82, 2.24) is 10.4 Å². The first-order valence-corrected chi connectivity index (χ1v) is 11.3. The van der Waals surface area contributed by atoms with Crippen LogP contribution in [0, 0.1) is 0 Å². The smallest absolute Gasteiger partial charge is 0.274 e. The Hall–Kier alpha value is -3.15. The van der Waals surface area contributed by atoms with Crippen molar-refractivity contribution >= 4 is 11.6 Å². The molecule has 0 aliphatic carbocycles. The minimum atomic E-state index is -0.476. The Morgan fingerprint density at radius 2 is 1.50 bits per heavy atom. The molecule has 0 aromatic heterocycles. The van der Waals surface area contributed by atoms with Gasteiger partial charge in [-0.15, -0.1) is 0 Å². The van der Waals surface area contributed by atoms with E-state index >= 15 is 0 Å². The second kappa shape index (κ2) is 8.77. The highest BCUT2D eigenvalue weighted by Gasteiger charge is 2.44. The molecule has 164 valence electrons. The van der Waals surface area contributed by atoms with Crippen molar-refractivity contribution < 1.29 is 10.0 Å². The number of rotatable bonds is 5. The fraction of sp³-hybridized carbons (Fsp3) is 0.296. The van der Waals surface area contributed by atoms with Gasteiger partial charge in [0.1, 0.15) is 0 Å². The molecular weight excluding hydrogens is 398 g/mol. The van der Waals surface area contributed by atoms with Crippen molar-refractivity contribution in [1.29, 1.82) is 0 Å². The number of fused-ring (bicyclic) bond motifs is 2. The summed E-state index contributed by atoms with van der Waals surface area (Å²) in [5.41, 5.74) is 7.82. The van der Waals surface area contributed by atoms with E-state index in [-0.39, 0.29) is 5.41 Å². The quantitative estimate of drug-likeness (QED) is 0.469. The molecule has 1 amide bonds. The number of anilines is 1. The van der Waals surface area contributed by atoms with Crippen LogP contribution in [-0.2, 0) is 18.5 Å². The molecule has 2 aliphatic heterocycles. The number of nitrogens with zero attached hydrogens (tertiary/aromatic N) is 2. The van der Waals surface area contributed by atoms with Gasteiger partial charge in [-0.25, -0.2) is 5.48 Å². The number of hydrogen-bond donors (Lipinski definition) is 2. The molecule has 3 aromatic rings. The molecular formula is C27H29N3O2. The summed E-state index contributed by atoms with van der Waals surface area (Å²) in [5.74, 6) is -0.476. The Morgan fingerprint density at radius 3 is 2.22 bits per heavy atom. The number of likely N-dealkylation sites (tertiary alicyclic amines) is 1. The second-order valence-corrected chi connectivity index (χ2v) is 9.05. The standard InChI is InChI=1S/C27H29N3O2/c31-26(28-32)23-12-10-22(11-13-23)18-29-16-14-27(15-17-29)20-30(19-21-6-2-1-3-7-21)25-9-5-4-8-24(25)27/h1-13,32H,14-20H2,(H,28,31). The molecule has 5 nitrogen and oxygen atoms in total. The summed E-state index contributed by atoms with van der Waals surface area (Å²) in [4.78, 5) is 16.6. The van der Waals surface area contributed by atoms with Crippen molar-refractivity contribution in [3.63, 3.8) is 0 Å². The molecule has 1 saturated heterocycles. The highest BCUT2D eigenvalue weighted by molar-refractivity contribution is 5.93. The lowest BCUT2D eigenvalue weighted by Crippen LogP contribution is -2.44. The largest absolute Gasteiger partial charge is 0.366 e. The zero-order valence-corrected chi connectivity index (χ0v) is 18.2. The minimum Gasteiger partial charge on any atom is -0.366 e. The molecule has 1 fully saturated rings. The normalized spacial score (nSPS) is 17.3. The minimum absolute atomic E-state index is 0.227. The van der Waals surface area contributed by atoms with E-state index in [9.17, 15) is 4.79 Å². The number of carbonyl (C=O) groups excluding carboxylic acids is 1. The maximum absolute atomic E-state index is 11.5. The van der Waals surface area contributed by atoms with Crippen molar-refractivity contribution in [3.05, 3.63) is 101 Å². The molecule has 2 N–H and O–H groups in total. The summed E-state index contributed by atoms with van der Waals surface area (Å²) in [5, 5.41) is 8.78. The van der Waals surface area contributed by atoms with Crippen LogP contribution in [0.5, 0.6) is 0 Å². The lowest BCUT2D eigenvalue weighted by Gasteiger charge is -2.40. The summed E-state index contributed by atoms with van der Waals surface area (Å²) < 4.78 is 0. The number of piperidine rings is 1. The van der Waals surface area contributed by atoms with Crippen LogP contribution in [0.4, 0.5) is 5.69 Å². The molecule has 0 saturated carbocycles. The zero-order chi connectivity index (χ0) is 22.0. The third kappa shape index (κ3) is 4.01. The third-order valence-electron chi connectivity index (χ3n) is 7.06. The van der Waals surface area contributed by atoms with Crippen LogP contribution >= 0.6 is 0 Å². The van der Waals surface area contributed by atoms with E-state index in [1.165, 1.54) is 22.4 Å². The molecule has 0 bridgehead atoms. The molecule has 5 rings (SSSR count). The fourth-order valence-electron chi connectivity index (χ4n) is 5.33. The molecule has 2 aliphatic rings. The van der Waals surface area contributed by atoms with E-state index in [1.807, 2.05) is 12.1 Å². The van der Waals surface area contributed by atoms with Gasteiger partial charge >= 0.3 is 0 Å². The summed E-state index contributed by atoms with van der Waals surface area (Å²) in [7, 11) is 0. The van der Waals surface area contributed by atoms with Gasteiger partial charge in [0.15, 0.2) is 0 Å². The van der Waals surface area contributed by atoms with Gasteiger partial charge in [0.05, 0.1) is 0 Å². The average Bonchev–Trinajstić information content (AvgIpc) is 3.14. The van der Waals surface area contributed by atoms with E-state index < -0.39 is 5.91 Å². The summed E-state index contributed by atoms with van der Waals surface area (Å²) in [6.07, 6.45) is 2.31. The molecule has 0 radical (unpaired) electrons. The lowest BCUT2D eigenvalue weighted by molar-refractivity contribution is 0.0706. The monoisotopic (exact) mass is 427 g/mol. The van der Waals surface area contributed by atoms with Gasteiger partial charge in [0.25, 0.3) is 5.91 Å². The van der Waals surface area contributed by atoms with Gasteiger partial charge in [-0.2, -0.15) is 0 Å². The third-order valence-corrected chi connectivity index (χ3v) is 7.06. The number of carbonyl (C=O) groups is 1. The van der Waals surface area contributed by atoms with E-state index in [0.29, 0.717) is 5.56 Å². The Labute approximate surface area is 189 Å². The van der Waals surface area contributed by atoms with Gasteiger partial charge < -0.3 is 4.90 Å². The number of hydrogen-bond acceptors (Lipinski definition) is 4. The van der Waals surface area contributed by atoms with Gasteiger partial charge in [-0.3, -0.25) is 14.9 Å². The molecule has 2 heterocycles. The predicted octanol–water partition coefficient (Wildman–Crippen LogP) is 4.36. The van der Waals surface area contributed by atoms with Gasteiger partial charge in [-0.05, 0) is 60.8 Å². The van der Waals surface area contributed by atoms with Gasteiger partial charge in [0.2, 0.25) is 0 Å². The first kappa shape index (κ1) is 20.7. The van der Waals surface area contributed by atoms with Crippen LogP contribution in [-0.4, -0.2) is 35.6 Å². The Morgan fingerprint density at radius 1 is 0.844 bits per heavy atom. The second-order valence-electron chi connectivity index (χ2n) is 9.05. The summed E-state index contributed by atoms with van der Waals surface area (Å²) in [6, 6.07) is 27.2. The SMILES string of the molecule is O=C(NO)c1ccc(CN2CCC3(CC2)CN(Cc2ccccc2)c2ccccc23)cc1. The molecule has 3 aromatic carbocycles. The van der Waals surface area contributed by atoms with Crippen LogP contribution in [0.2, 0.25) is 0 Å². The highest BCUT2D eigenvalue weighted by Crippen LogP contribution is 2.47. The topological polar surface area (TPSA) is 55.8 Å². The number of para-hydroxylation sites is 1. The molecule has 5 heteroatoms. The number of benzene rings is 3. The summed E-state index contributed by atoms with van der Waals surface area (Å²) >= 11 is 0.